The van der Waals surface area contributed by atoms with E-state index in [0.717, 1.165) is 24.1 Å². The number of pyridine rings is 1. The smallest absolute Gasteiger partial charge is 0.255 e. The summed E-state index contributed by atoms with van der Waals surface area (Å²) in [5.74, 6) is 0.656. The molecule has 1 aromatic carbocycles. The molecule has 2 aromatic rings. The number of hydrogen-bond donors (Lipinski definition) is 2. The molecule has 7 heteroatoms. The fraction of sp³-hybridized carbons (Fsp3) is 0.292. The predicted molar refractivity (Wildman–Crippen MR) is 117 cm³/mol. The molecular weight excluding hydrogens is 394 g/mol. The first-order valence-electron chi connectivity index (χ1n) is 10.2. The predicted octanol–water partition coefficient (Wildman–Crippen LogP) is 3.71. The van der Waals surface area contributed by atoms with Crippen LogP contribution in [0.1, 0.15) is 37.7 Å². The number of anilines is 1. The number of methoxy groups -OCH3 is 2. The zero-order valence-electron chi connectivity index (χ0n) is 17.8. The van der Waals surface area contributed by atoms with E-state index in [9.17, 15) is 9.59 Å². The number of dihydropyridines is 1. The van der Waals surface area contributed by atoms with E-state index in [-0.39, 0.29) is 11.7 Å². The molecule has 4 rings (SSSR count). The number of amides is 1. The normalized spacial score (nSPS) is 18.3. The lowest BCUT2D eigenvalue weighted by molar-refractivity contribution is -0.116. The summed E-state index contributed by atoms with van der Waals surface area (Å²) < 4.78 is 11.2. The molecule has 1 amide bonds. The van der Waals surface area contributed by atoms with Crippen molar-refractivity contribution in [2.75, 3.05) is 19.5 Å². The van der Waals surface area contributed by atoms with E-state index < -0.39 is 5.92 Å². The van der Waals surface area contributed by atoms with E-state index in [1.807, 2.05) is 19.1 Å². The lowest BCUT2D eigenvalue weighted by atomic mass is 9.74. The maximum Gasteiger partial charge on any atom is 0.255 e. The van der Waals surface area contributed by atoms with Gasteiger partial charge in [0.2, 0.25) is 0 Å². The number of ketones is 1. The minimum atomic E-state index is -0.571. The van der Waals surface area contributed by atoms with Crippen LogP contribution in [0.25, 0.3) is 0 Å². The van der Waals surface area contributed by atoms with Gasteiger partial charge in [-0.15, -0.1) is 0 Å². The first-order valence-corrected chi connectivity index (χ1v) is 10.2. The van der Waals surface area contributed by atoms with E-state index in [4.69, 9.17) is 9.47 Å². The summed E-state index contributed by atoms with van der Waals surface area (Å²) in [6, 6.07) is 10.8. The fourth-order valence-corrected chi connectivity index (χ4v) is 4.35. The number of nitrogens with one attached hydrogen (secondary N) is 2. The van der Waals surface area contributed by atoms with Crippen LogP contribution in [0.5, 0.6) is 11.5 Å². The number of benzene rings is 1. The van der Waals surface area contributed by atoms with Crippen LogP contribution in [0, 0.1) is 0 Å². The molecule has 0 fully saturated rings. The highest BCUT2D eigenvalue weighted by molar-refractivity contribution is 6.09. The van der Waals surface area contributed by atoms with Crippen LogP contribution < -0.4 is 20.1 Å². The molecule has 1 aliphatic carbocycles. The second-order valence-corrected chi connectivity index (χ2v) is 7.52. The van der Waals surface area contributed by atoms with Gasteiger partial charge in [0.1, 0.15) is 5.82 Å². The van der Waals surface area contributed by atoms with Crippen molar-refractivity contribution >= 4 is 17.5 Å². The molecule has 1 unspecified atom stereocenters. The van der Waals surface area contributed by atoms with Gasteiger partial charge in [-0.05, 0) is 38.0 Å². The second kappa shape index (κ2) is 8.63. The van der Waals surface area contributed by atoms with Gasteiger partial charge in [0.25, 0.3) is 5.91 Å². The standard InChI is InChI=1S/C24H25N3O4/c1-14-20(24(29)27-19-12-4-5-13-25-19)21(22-16(26-14)9-7-10-17(22)28)15-8-6-11-18(30-2)23(15)31-3/h4-6,8,11-13,21,26H,7,9-10H2,1-3H3,(H,25,27,29). The Morgan fingerprint density at radius 1 is 1.13 bits per heavy atom. The number of carbonyl (C=O) groups is 2. The minimum absolute atomic E-state index is 0.0410. The summed E-state index contributed by atoms with van der Waals surface area (Å²) in [5.41, 5.74) is 3.38. The number of allylic oxidation sites excluding steroid dienone is 3. The highest BCUT2D eigenvalue weighted by Crippen LogP contribution is 2.47. The molecule has 0 saturated heterocycles. The molecule has 2 heterocycles. The average molecular weight is 419 g/mol. The zero-order chi connectivity index (χ0) is 22.0. The summed E-state index contributed by atoms with van der Waals surface area (Å²) in [7, 11) is 3.13. The van der Waals surface area contributed by atoms with Crippen LogP contribution in [-0.4, -0.2) is 30.9 Å². The number of hydrogen-bond acceptors (Lipinski definition) is 6. The van der Waals surface area contributed by atoms with Gasteiger partial charge in [-0.2, -0.15) is 0 Å². The molecule has 1 aromatic heterocycles. The molecule has 31 heavy (non-hydrogen) atoms. The second-order valence-electron chi connectivity index (χ2n) is 7.52. The van der Waals surface area contributed by atoms with Gasteiger partial charge >= 0.3 is 0 Å². The van der Waals surface area contributed by atoms with Crippen molar-refractivity contribution in [2.24, 2.45) is 0 Å². The topological polar surface area (TPSA) is 89.5 Å². The van der Waals surface area contributed by atoms with Crippen molar-refractivity contribution in [1.82, 2.24) is 10.3 Å². The van der Waals surface area contributed by atoms with Crippen molar-refractivity contribution in [2.45, 2.75) is 32.1 Å². The average Bonchev–Trinajstić information content (AvgIpc) is 2.78. The summed E-state index contributed by atoms with van der Waals surface area (Å²) >= 11 is 0. The van der Waals surface area contributed by atoms with Crippen molar-refractivity contribution in [3.63, 3.8) is 0 Å². The number of aromatic nitrogens is 1. The quantitative estimate of drug-likeness (QED) is 0.768. The largest absolute Gasteiger partial charge is 0.493 e. The van der Waals surface area contributed by atoms with Gasteiger partial charge in [-0.25, -0.2) is 4.98 Å². The van der Waals surface area contributed by atoms with Crippen LogP contribution in [-0.2, 0) is 9.59 Å². The molecule has 2 aliphatic rings. The summed E-state index contributed by atoms with van der Waals surface area (Å²) in [6.07, 6.45) is 3.62. The maximum atomic E-state index is 13.4. The number of ether oxygens (including phenoxy) is 2. The third-order valence-electron chi connectivity index (χ3n) is 5.67. The number of nitrogens with zero attached hydrogens (tertiary/aromatic N) is 1. The molecule has 1 aliphatic heterocycles. The number of para-hydroxylation sites is 1. The summed E-state index contributed by atoms with van der Waals surface area (Å²) in [4.78, 5) is 30.7. The van der Waals surface area contributed by atoms with Crippen LogP contribution in [0.4, 0.5) is 5.82 Å². The molecule has 2 N–H and O–H groups in total. The van der Waals surface area contributed by atoms with Crippen LogP contribution >= 0.6 is 0 Å². The van der Waals surface area contributed by atoms with Gasteiger partial charge in [0.15, 0.2) is 17.3 Å². The van der Waals surface area contributed by atoms with Crippen molar-refractivity contribution in [3.05, 3.63) is 70.7 Å². The third kappa shape index (κ3) is 3.79. The van der Waals surface area contributed by atoms with Crippen molar-refractivity contribution in [1.29, 1.82) is 0 Å². The van der Waals surface area contributed by atoms with E-state index in [1.165, 1.54) is 0 Å². The number of carbonyl (C=O) groups excluding carboxylic acids is 2. The molecule has 0 saturated carbocycles. The Bertz CT molecular complexity index is 1090. The Morgan fingerprint density at radius 2 is 1.97 bits per heavy atom. The van der Waals surface area contributed by atoms with E-state index >= 15 is 0 Å². The molecule has 0 spiro atoms. The summed E-state index contributed by atoms with van der Waals surface area (Å²) in [5, 5.41) is 6.18. The van der Waals surface area contributed by atoms with Crippen LogP contribution in [0.2, 0.25) is 0 Å². The molecule has 0 radical (unpaired) electrons. The van der Waals surface area contributed by atoms with Crippen molar-refractivity contribution < 1.29 is 19.1 Å². The first-order chi connectivity index (χ1) is 15.0. The summed E-state index contributed by atoms with van der Waals surface area (Å²) in [6.45, 7) is 1.86. The minimum Gasteiger partial charge on any atom is -0.493 e. The Labute approximate surface area is 181 Å². The zero-order valence-corrected chi connectivity index (χ0v) is 17.8. The molecule has 0 bridgehead atoms. The Balaban J connectivity index is 1.87. The van der Waals surface area contributed by atoms with Gasteiger partial charge in [-0.3, -0.25) is 9.59 Å². The molecule has 7 nitrogen and oxygen atoms in total. The monoisotopic (exact) mass is 419 g/mol. The van der Waals surface area contributed by atoms with E-state index in [2.05, 4.69) is 15.6 Å². The molecule has 1 atom stereocenters. The highest BCUT2D eigenvalue weighted by atomic mass is 16.5. The fourth-order valence-electron chi connectivity index (χ4n) is 4.35. The van der Waals surface area contributed by atoms with Gasteiger partial charge < -0.3 is 20.1 Å². The van der Waals surface area contributed by atoms with Crippen LogP contribution in [0.15, 0.2) is 65.1 Å². The lowest BCUT2D eigenvalue weighted by Crippen LogP contribution is -2.35. The number of rotatable bonds is 5. The SMILES string of the molecule is COc1cccc(C2C(C(=O)Nc3ccccn3)=C(C)NC3=C2C(=O)CCC3)c1OC. The van der Waals surface area contributed by atoms with Crippen molar-refractivity contribution in [3.8, 4) is 11.5 Å². The maximum absolute atomic E-state index is 13.4. The van der Waals surface area contributed by atoms with Gasteiger partial charge in [0.05, 0.1) is 20.1 Å². The van der Waals surface area contributed by atoms with Gasteiger partial charge in [0, 0.05) is 40.7 Å². The number of Topliss-reactive ketones (excluding diaryl/α,β-unsaturated/α-hetero) is 1. The van der Waals surface area contributed by atoms with Gasteiger partial charge in [-0.1, -0.05) is 18.2 Å². The molecular formula is C24H25N3O4. The van der Waals surface area contributed by atoms with E-state index in [1.54, 1.807) is 44.7 Å². The van der Waals surface area contributed by atoms with Crippen LogP contribution in [0.3, 0.4) is 0 Å². The molecule has 160 valence electrons. The van der Waals surface area contributed by atoms with E-state index in [0.29, 0.717) is 40.6 Å². The Kier molecular flexibility index (Phi) is 5.75. The third-order valence-corrected chi connectivity index (χ3v) is 5.67. The highest BCUT2D eigenvalue weighted by Gasteiger charge is 2.40. The Hall–Kier alpha value is -3.61. The first kappa shape index (κ1) is 20.7. The lowest BCUT2D eigenvalue weighted by Gasteiger charge is -2.35. The Morgan fingerprint density at radius 3 is 2.68 bits per heavy atom.